The number of piperidine rings is 1. The van der Waals surface area contributed by atoms with Crippen LogP contribution in [0.4, 0.5) is 0 Å². The van der Waals surface area contributed by atoms with Crippen molar-refractivity contribution in [2.45, 2.75) is 51.6 Å². The van der Waals surface area contributed by atoms with E-state index < -0.39 is 0 Å². The number of hydrogen-bond acceptors (Lipinski definition) is 4. The Balaban J connectivity index is 1.41. The third-order valence-electron chi connectivity index (χ3n) is 4.27. The number of nitrogens with zero attached hydrogens (tertiary/aromatic N) is 4. The average Bonchev–Trinajstić information content (AvgIpc) is 2.88. The lowest BCUT2D eigenvalue weighted by molar-refractivity contribution is 0.228. The fraction of sp³-hybridized carbons (Fsp3) is 0.857. The summed E-state index contributed by atoms with van der Waals surface area (Å²) < 4.78 is 2.30. The molecule has 0 bridgehead atoms. The third kappa shape index (κ3) is 3.34. The molecule has 106 valence electrons. The van der Waals surface area contributed by atoms with Crippen molar-refractivity contribution in [2.75, 3.05) is 26.2 Å². The molecule has 0 atom stereocenters. The predicted molar refractivity (Wildman–Crippen MR) is 75.0 cm³/mol. The first kappa shape index (κ1) is 13.1. The second-order valence-electron chi connectivity index (χ2n) is 5.72. The minimum Gasteiger partial charge on any atom is -0.314 e. The topological polar surface area (TPSA) is 46.0 Å². The molecule has 0 spiro atoms. The van der Waals surface area contributed by atoms with Gasteiger partial charge in [-0.05, 0) is 38.8 Å². The molecule has 3 rings (SSSR count). The number of fused-ring (bicyclic) bond motifs is 1. The molecule has 1 aromatic rings. The van der Waals surface area contributed by atoms with Crippen LogP contribution in [0.1, 0.15) is 43.8 Å². The summed E-state index contributed by atoms with van der Waals surface area (Å²) in [7, 11) is 0. The first-order valence-corrected chi connectivity index (χ1v) is 7.77. The van der Waals surface area contributed by atoms with Crippen LogP contribution in [0.15, 0.2) is 0 Å². The van der Waals surface area contributed by atoms with Crippen molar-refractivity contribution < 1.29 is 0 Å². The summed E-state index contributed by atoms with van der Waals surface area (Å²) >= 11 is 0. The van der Waals surface area contributed by atoms with Gasteiger partial charge in [0.05, 0.1) is 6.54 Å². The van der Waals surface area contributed by atoms with Crippen molar-refractivity contribution in [3.05, 3.63) is 11.6 Å². The zero-order valence-electron chi connectivity index (χ0n) is 11.8. The lowest BCUT2D eigenvalue weighted by Gasteiger charge is -2.26. The molecule has 0 unspecified atom stereocenters. The minimum atomic E-state index is 0.862. The highest BCUT2D eigenvalue weighted by Gasteiger charge is 2.15. The van der Waals surface area contributed by atoms with Crippen LogP contribution in [-0.2, 0) is 19.5 Å². The fourth-order valence-electron chi connectivity index (χ4n) is 3.12. The zero-order valence-corrected chi connectivity index (χ0v) is 11.8. The Morgan fingerprint density at radius 1 is 0.947 bits per heavy atom. The molecule has 1 N–H and O–H groups in total. The van der Waals surface area contributed by atoms with Crippen molar-refractivity contribution >= 4 is 0 Å². The van der Waals surface area contributed by atoms with Gasteiger partial charge in [0, 0.05) is 26.1 Å². The number of aromatic nitrogens is 3. The maximum atomic E-state index is 4.32. The monoisotopic (exact) mass is 263 g/mol. The van der Waals surface area contributed by atoms with E-state index in [2.05, 4.69) is 25.0 Å². The van der Waals surface area contributed by atoms with Crippen LogP contribution in [0, 0.1) is 0 Å². The third-order valence-corrected chi connectivity index (χ3v) is 4.27. The molecule has 5 nitrogen and oxygen atoms in total. The van der Waals surface area contributed by atoms with Gasteiger partial charge in [-0.2, -0.15) is 0 Å². The summed E-state index contributed by atoms with van der Waals surface area (Å²) in [6.07, 6.45) is 7.79. The number of rotatable bonds is 5. The van der Waals surface area contributed by atoms with Crippen molar-refractivity contribution in [1.82, 2.24) is 25.0 Å². The molecule has 2 aliphatic heterocycles. The van der Waals surface area contributed by atoms with Crippen LogP contribution in [0.3, 0.4) is 0 Å². The van der Waals surface area contributed by atoms with E-state index in [0.29, 0.717) is 0 Å². The predicted octanol–water partition coefficient (Wildman–Crippen LogP) is 1.19. The van der Waals surface area contributed by atoms with Gasteiger partial charge in [-0.3, -0.25) is 0 Å². The highest BCUT2D eigenvalue weighted by atomic mass is 15.3. The summed E-state index contributed by atoms with van der Waals surface area (Å²) in [4.78, 5) is 2.57. The van der Waals surface area contributed by atoms with Crippen LogP contribution >= 0.6 is 0 Å². The Hall–Kier alpha value is -0.940. The van der Waals surface area contributed by atoms with Gasteiger partial charge in [-0.25, -0.2) is 0 Å². The van der Waals surface area contributed by atoms with E-state index in [-0.39, 0.29) is 0 Å². The van der Waals surface area contributed by atoms with Gasteiger partial charge in [0.2, 0.25) is 0 Å². The number of hydrogen-bond donors (Lipinski definition) is 1. The van der Waals surface area contributed by atoms with Gasteiger partial charge in [0.1, 0.15) is 11.6 Å². The van der Waals surface area contributed by atoms with Gasteiger partial charge in [0.15, 0.2) is 0 Å². The van der Waals surface area contributed by atoms with Crippen molar-refractivity contribution in [3.63, 3.8) is 0 Å². The maximum Gasteiger partial charge on any atom is 0.147 e. The largest absolute Gasteiger partial charge is 0.314 e. The highest BCUT2D eigenvalue weighted by molar-refractivity contribution is 4.98. The van der Waals surface area contributed by atoms with E-state index in [0.717, 1.165) is 31.9 Å². The molecular weight excluding hydrogens is 238 g/mol. The van der Waals surface area contributed by atoms with E-state index in [1.807, 2.05) is 0 Å². The van der Waals surface area contributed by atoms with Gasteiger partial charge in [-0.15, -0.1) is 10.2 Å². The SMILES string of the molecule is C1CCN(CCNCc2nnc3n2CCCC3)CC1. The lowest BCUT2D eigenvalue weighted by Crippen LogP contribution is -2.36. The standard InChI is InChI=1S/C14H25N5/c1-3-8-18(9-4-1)11-7-15-12-14-17-16-13-6-2-5-10-19(13)14/h15H,1-12H2. The molecule has 1 aromatic heterocycles. The van der Waals surface area contributed by atoms with E-state index in [1.54, 1.807) is 0 Å². The quantitative estimate of drug-likeness (QED) is 0.811. The van der Waals surface area contributed by atoms with Crippen LogP contribution in [0.25, 0.3) is 0 Å². The molecule has 0 saturated carbocycles. The summed E-state index contributed by atoms with van der Waals surface area (Å²) in [6.45, 7) is 6.75. The molecule has 2 aliphatic rings. The highest BCUT2D eigenvalue weighted by Crippen LogP contribution is 2.14. The molecule has 0 radical (unpaired) electrons. The van der Waals surface area contributed by atoms with Crippen LogP contribution in [-0.4, -0.2) is 45.8 Å². The summed E-state index contributed by atoms with van der Waals surface area (Å²) in [5, 5.41) is 12.1. The number of likely N-dealkylation sites (tertiary alicyclic amines) is 1. The number of aryl methyl sites for hydroxylation is 1. The molecule has 1 fully saturated rings. The van der Waals surface area contributed by atoms with E-state index in [9.17, 15) is 0 Å². The average molecular weight is 263 g/mol. The Bertz CT molecular complexity index is 395. The Labute approximate surface area is 115 Å². The molecule has 1 saturated heterocycles. The minimum absolute atomic E-state index is 0.862. The molecule has 5 heteroatoms. The van der Waals surface area contributed by atoms with Gasteiger partial charge in [-0.1, -0.05) is 6.42 Å². The van der Waals surface area contributed by atoms with Crippen LogP contribution < -0.4 is 5.32 Å². The van der Waals surface area contributed by atoms with E-state index in [4.69, 9.17) is 0 Å². The van der Waals surface area contributed by atoms with Gasteiger partial charge < -0.3 is 14.8 Å². The first-order chi connectivity index (χ1) is 9.43. The van der Waals surface area contributed by atoms with E-state index >= 15 is 0 Å². The van der Waals surface area contributed by atoms with Crippen molar-refractivity contribution in [2.24, 2.45) is 0 Å². The fourth-order valence-corrected chi connectivity index (χ4v) is 3.12. The molecule has 19 heavy (non-hydrogen) atoms. The molecular formula is C14H25N5. The molecule has 3 heterocycles. The van der Waals surface area contributed by atoms with Crippen molar-refractivity contribution in [1.29, 1.82) is 0 Å². The zero-order chi connectivity index (χ0) is 12.9. The normalized spacial score (nSPS) is 20.4. The van der Waals surface area contributed by atoms with Gasteiger partial charge in [0.25, 0.3) is 0 Å². The summed E-state index contributed by atoms with van der Waals surface area (Å²) in [5.74, 6) is 2.30. The van der Waals surface area contributed by atoms with Crippen molar-refractivity contribution in [3.8, 4) is 0 Å². The molecule has 0 aromatic carbocycles. The van der Waals surface area contributed by atoms with E-state index in [1.165, 1.54) is 57.6 Å². The van der Waals surface area contributed by atoms with Gasteiger partial charge >= 0.3 is 0 Å². The summed E-state index contributed by atoms with van der Waals surface area (Å²) in [5.41, 5.74) is 0. The molecule has 0 aliphatic carbocycles. The van der Waals surface area contributed by atoms with Crippen LogP contribution in [0.2, 0.25) is 0 Å². The lowest BCUT2D eigenvalue weighted by atomic mass is 10.1. The maximum absolute atomic E-state index is 4.32. The Kier molecular flexibility index (Phi) is 4.45. The van der Waals surface area contributed by atoms with Crippen LogP contribution in [0.5, 0.6) is 0 Å². The smallest absolute Gasteiger partial charge is 0.147 e. The Morgan fingerprint density at radius 3 is 2.68 bits per heavy atom. The second kappa shape index (κ2) is 6.48. The Morgan fingerprint density at radius 2 is 1.79 bits per heavy atom. The molecule has 0 amide bonds. The number of nitrogens with one attached hydrogen (secondary N) is 1. The first-order valence-electron chi connectivity index (χ1n) is 7.77. The summed E-state index contributed by atoms with van der Waals surface area (Å²) in [6, 6.07) is 0. The second-order valence-corrected chi connectivity index (χ2v) is 5.72.